The second-order valence-electron chi connectivity index (χ2n) is 7.04. The molecule has 2 aromatic carbocycles. The molecule has 1 aromatic heterocycles. The number of aromatic nitrogens is 2. The molecule has 1 unspecified atom stereocenters. The zero-order valence-electron chi connectivity index (χ0n) is 17.8. The van der Waals surface area contributed by atoms with Gasteiger partial charge in [-0.3, -0.25) is 4.68 Å². The quantitative estimate of drug-likeness (QED) is 0.574. The van der Waals surface area contributed by atoms with Crippen LogP contribution in [0.1, 0.15) is 43.1 Å². The molecule has 0 saturated carbocycles. The monoisotopic (exact) mass is 448 g/mol. The summed E-state index contributed by atoms with van der Waals surface area (Å²) in [6.45, 7) is 6.09. The van der Waals surface area contributed by atoms with Crippen molar-refractivity contribution in [3.8, 4) is 0 Å². The van der Waals surface area contributed by atoms with E-state index in [9.17, 15) is 8.42 Å². The molecule has 0 amide bonds. The number of halogens is 1. The first-order valence-corrected chi connectivity index (χ1v) is 11.7. The summed E-state index contributed by atoms with van der Waals surface area (Å²) in [6.07, 6.45) is 1.70. The SMILES string of the molecule is CCC.Cc1c(C(Cc2ccccc2)NS(=O)(=O)c2ccc(Cl)cc2)nn(C)c1N. The maximum atomic E-state index is 12.9. The fourth-order valence-corrected chi connectivity index (χ4v) is 4.23. The van der Waals surface area contributed by atoms with Gasteiger partial charge in [-0.25, -0.2) is 13.1 Å². The van der Waals surface area contributed by atoms with E-state index in [0.717, 1.165) is 11.1 Å². The number of hydrogen-bond donors (Lipinski definition) is 2. The maximum Gasteiger partial charge on any atom is 0.241 e. The number of nitrogen functional groups attached to an aromatic ring is 1. The van der Waals surface area contributed by atoms with Gasteiger partial charge < -0.3 is 5.73 Å². The van der Waals surface area contributed by atoms with E-state index >= 15 is 0 Å². The van der Waals surface area contributed by atoms with Crippen molar-refractivity contribution in [1.82, 2.24) is 14.5 Å². The highest BCUT2D eigenvalue weighted by molar-refractivity contribution is 7.89. The Morgan fingerprint density at radius 3 is 2.17 bits per heavy atom. The molecule has 30 heavy (non-hydrogen) atoms. The molecular formula is C22H29ClN4O2S. The maximum absolute atomic E-state index is 12.9. The van der Waals surface area contributed by atoms with Gasteiger partial charge in [0, 0.05) is 17.6 Å². The van der Waals surface area contributed by atoms with Gasteiger partial charge in [0.2, 0.25) is 10.0 Å². The summed E-state index contributed by atoms with van der Waals surface area (Å²) >= 11 is 5.87. The predicted molar refractivity (Wildman–Crippen MR) is 123 cm³/mol. The Bertz CT molecular complexity index is 1050. The highest BCUT2D eigenvalue weighted by Gasteiger charge is 2.26. The lowest BCUT2D eigenvalue weighted by molar-refractivity contribution is 0.545. The third-order valence-electron chi connectivity index (χ3n) is 4.41. The Morgan fingerprint density at radius 2 is 1.67 bits per heavy atom. The second kappa shape index (κ2) is 10.6. The molecule has 0 saturated heterocycles. The lowest BCUT2D eigenvalue weighted by Gasteiger charge is -2.18. The molecule has 0 radical (unpaired) electrons. The molecule has 0 fully saturated rings. The minimum atomic E-state index is -3.76. The van der Waals surface area contributed by atoms with Crippen LogP contribution in [0.2, 0.25) is 5.02 Å². The fourth-order valence-electron chi connectivity index (χ4n) is 2.91. The summed E-state index contributed by atoms with van der Waals surface area (Å²) in [5.41, 5.74) is 8.39. The Balaban J connectivity index is 0.00000101. The van der Waals surface area contributed by atoms with Crippen molar-refractivity contribution in [2.24, 2.45) is 7.05 Å². The van der Waals surface area contributed by atoms with Gasteiger partial charge in [-0.15, -0.1) is 0 Å². The summed E-state index contributed by atoms with van der Waals surface area (Å²) in [4.78, 5) is 0.145. The van der Waals surface area contributed by atoms with E-state index in [2.05, 4.69) is 23.7 Å². The smallest absolute Gasteiger partial charge is 0.241 e. The van der Waals surface area contributed by atoms with Crippen LogP contribution in [0.25, 0.3) is 0 Å². The van der Waals surface area contributed by atoms with Crippen molar-refractivity contribution >= 4 is 27.4 Å². The van der Waals surface area contributed by atoms with Crippen molar-refractivity contribution in [2.45, 2.75) is 44.6 Å². The van der Waals surface area contributed by atoms with Crippen LogP contribution < -0.4 is 10.5 Å². The Kier molecular flexibility index (Phi) is 8.46. The third-order valence-corrected chi connectivity index (χ3v) is 6.15. The molecule has 3 aromatic rings. The number of hydrogen-bond acceptors (Lipinski definition) is 4. The zero-order chi connectivity index (χ0) is 22.3. The highest BCUT2D eigenvalue weighted by Crippen LogP contribution is 2.26. The number of nitrogens with two attached hydrogens (primary N) is 1. The van der Waals surface area contributed by atoms with E-state index in [0.29, 0.717) is 23.0 Å². The van der Waals surface area contributed by atoms with Crippen molar-refractivity contribution in [3.05, 3.63) is 76.4 Å². The standard InChI is InChI=1S/C19H21ClN4O2S.C3H8/c1-13-18(22-24(2)19(13)21)17(12-14-6-4-3-5-7-14)23-27(25,26)16-10-8-15(20)9-11-16;1-3-2/h3-11,17,23H,12,21H2,1-2H3;3H2,1-2H3. The summed E-state index contributed by atoms with van der Waals surface area (Å²) < 4.78 is 30.1. The van der Waals surface area contributed by atoms with Crippen LogP contribution in [0, 0.1) is 6.92 Å². The van der Waals surface area contributed by atoms with Gasteiger partial charge in [0.25, 0.3) is 0 Å². The number of rotatable bonds is 6. The lowest BCUT2D eigenvalue weighted by Crippen LogP contribution is -2.31. The number of aryl methyl sites for hydroxylation is 1. The Hall–Kier alpha value is -2.35. The predicted octanol–water partition coefficient (Wildman–Crippen LogP) is 4.64. The molecule has 6 nitrogen and oxygen atoms in total. The first kappa shape index (κ1) is 23.9. The van der Waals surface area contributed by atoms with Gasteiger partial charge in [0.1, 0.15) is 5.82 Å². The number of nitrogens with one attached hydrogen (secondary N) is 1. The van der Waals surface area contributed by atoms with Gasteiger partial charge in [-0.1, -0.05) is 62.2 Å². The summed E-state index contributed by atoms with van der Waals surface area (Å²) in [5, 5.41) is 4.92. The van der Waals surface area contributed by atoms with Gasteiger partial charge in [-0.05, 0) is 43.2 Å². The molecule has 0 bridgehead atoms. The largest absolute Gasteiger partial charge is 0.384 e. The van der Waals surface area contributed by atoms with Gasteiger partial charge >= 0.3 is 0 Å². The van der Waals surface area contributed by atoms with E-state index in [1.165, 1.54) is 18.6 Å². The first-order chi connectivity index (χ1) is 14.2. The topological polar surface area (TPSA) is 90.0 Å². The van der Waals surface area contributed by atoms with E-state index in [1.807, 2.05) is 37.3 Å². The average Bonchev–Trinajstić information content (AvgIpc) is 2.96. The second-order valence-corrected chi connectivity index (χ2v) is 9.19. The van der Waals surface area contributed by atoms with Gasteiger partial charge in [-0.2, -0.15) is 5.10 Å². The van der Waals surface area contributed by atoms with Crippen LogP contribution in [0.15, 0.2) is 59.5 Å². The third kappa shape index (κ3) is 6.08. The molecule has 0 aliphatic rings. The summed E-state index contributed by atoms with van der Waals surface area (Å²) in [6, 6.07) is 15.1. The van der Waals surface area contributed by atoms with Gasteiger partial charge in [0.15, 0.2) is 0 Å². The van der Waals surface area contributed by atoms with Crippen LogP contribution in [-0.4, -0.2) is 18.2 Å². The molecule has 1 heterocycles. The first-order valence-electron chi connectivity index (χ1n) is 9.80. The van der Waals surface area contributed by atoms with E-state index in [-0.39, 0.29) is 4.90 Å². The van der Waals surface area contributed by atoms with Crippen LogP contribution in [0.4, 0.5) is 5.82 Å². The number of benzene rings is 2. The number of anilines is 1. The number of nitrogens with zero attached hydrogens (tertiary/aromatic N) is 2. The molecule has 162 valence electrons. The molecule has 3 N–H and O–H groups in total. The Morgan fingerprint density at radius 1 is 1.10 bits per heavy atom. The zero-order valence-corrected chi connectivity index (χ0v) is 19.3. The van der Waals surface area contributed by atoms with Crippen molar-refractivity contribution in [1.29, 1.82) is 0 Å². The molecule has 8 heteroatoms. The normalized spacial score (nSPS) is 12.2. The van der Waals surface area contributed by atoms with E-state index in [1.54, 1.807) is 23.9 Å². The fraction of sp³-hybridized carbons (Fsp3) is 0.318. The van der Waals surface area contributed by atoms with Crippen LogP contribution in [-0.2, 0) is 23.5 Å². The summed E-state index contributed by atoms with van der Waals surface area (Å²) in [5.74, 6) is 0.508. The van der Waals surface area contributed by atoms with Gasteiger partial charge in [0.05, 0.1) is 16.6 Å². The van der Waals surface area contributed by atoms with Crippen molar-refractivity contribution < 1.29 is 8.42 Å². The van der Waals surface area contributed by atoms with Crippen LogP contribution in [0.5, 0.6) is 0 Å². The molecule has 0 aliphatic carbocycles. The van der Waals surface area contributed by atoms with Crippen LogP contribution in [0.3, 0.4) is 0 Å². The van der Waals surface area contributed by atoms with Crippen molar-refractivity contribution in [2.75, 3.05) is 5.73 Å². The van der Waals surface area contributed by atoms with Crippen molar-refractivity contribution in [3.63, 3.8) is 0 Å². The average molecular weight is 449 g/mol. The molecule has 0 aliphatic heterocycles. The van der Waals surface area contributed by atoms with Crippen LogP contribution >= 0.6 is 11.6 Å². The number of sulfonamides is 1. The molecule has 3 rings (SSSR count). The van der Waals surface area contributed by atoms with E-state index < -0.39 is 16.1 Å². The van der Waals surface area contributed by atoms with E-state index in [4.69, 9.17) is 17.3 Å². The lowest BCUT2D eigenvalue weighted by atomic mass is 10.0. The molecule has 1 atom stereocenters. The Labute approximate surface area is 184 Å². The highest BCUT2D eigenvalue weighted by atomic mass is 35.5. The molecule has 0 spiro atoms. The minimum absolute atomic E-state index is 0.145. The minimum Gasteiger partial charge on any atom is -0.384 e. The summed E-state index contributed by atoms with van der Waals surface area (Å²) in [7, 11) is -2.03. The molecular weight excluding hydrogens is 420 g/mol.